The van der Waals surface area contributed by atoms with Crippen molar-refractivity contribution in [1.29, 1.82) is 0 Å². The zero-order chi connectivity index (χ0) is 14.5. The maximum absolute atomic E-state index is 13.8. The van der Waals surface area contributed by atoms with Crippen LogP contribution in [-0.2, 0) is 0 Å². The molecule has 1 aliphatic carbocycles. The highest BCUT2D eigenvalue weighted by molar-refractivity contribution is 5.94. The predicted octanol–water partition coefficient (Wildman–Crippen LogP) is 2.05. The molecule has 0 aliphatic heterocycles. The summed E-state index contributed by atoms with van der Waals surface area (Å²) in [7, 11) is 0. The van der Waals surface area contributed by atoms with Crippen molar-refractivity contribution in [3.05, 3.63) is 35.1 Å². The molecule has 0 spiro atoms. The third kappa shape index (κ3) is 3.58. The Morgan fingerprint density at radius 1 is 1.55 bits per heavy atom. The van der Waals surface area contributed by atoms with Gasteiger partial charge in [-0.25, -0.2) is 4.39 Å². The molecule has 2 rings (SSSR count). The van der Waals surface area contributed by atoms with Gasteiger partial charge in [-0.2, -0.15) is 0 Å². The minimum Gasteiger partial charge on any atom is -0.349 e. The number of benzene rings is 1. The molecule has 106 valence electrons. The van der Waals surface area contributed by atoms with E-state index in [9.17, 15) is 9.18 Å². The smallest absolute Gasteiger partial charge is 0.251 e. The fraction of sp³-hybridized carbons (Fsp3) is 0.438. The van der Waals surface area contributed by atoms with Gasteiger partial charge < -0.3 is 11.1 Å². The van der Waals surface area contributed by atoms with E-state index < -0.39 is 5.82 Å². The Hall–Kier alpha value is -1.86. The lowest BCUT2D eigenvalue weighted by Crippen LogP contribution is -2.26. The highest BCUT2D eigenvalue weighted by Crippen LogP contribution is 2.34. The van der Waals surface area contributed by atoms with E-state index in [-0.39, 0.29) is 24.1 Å². The first-order chi connectivity index (χ1) is 9.65. The first-order valence-electron chi connectivity index (χ1n) is 6.95. The van der Waals surface area contributed by atoms with Gasteiger partial charge in [-0.05, 0) is 37.0 Å². The summed E-state index contributed by atoms with van der Waals surface area (Å²) in [5.74, 6) is 5.11. The van der Waals surface area contributed by atoms with E-state index in [2.05, 4.69) is 24.1 Å². The summed E-state index contributed by atoms with van der Waals surface area (Å²) in [5, 5.41) is 2.93. The zero-order valence-electron chi connectivity index (χ0n) is 11.6. The third-order valence-corrected chi connectivity index (χ3v) is 3.45. The number of carbonyl (C=O) groups is 1. The molecule has 0 heterocycles. The number of rotatable bonds is 4. The van der Waals surface area contributed by atoms with Gasteiger partial charge in [0.1, 0.15) is 5.82 Å². The molecule has 20 heavy (non-hydrogen) atoms. The number of carbonyl (C=O) groups excluding carboxylic acids is 1. The first-order valence-corrected chi connectivity index (χ1v) is 6.95. The number of amides is 1. The topological polar surface area (TPSA) is 55.1 Å². The second-order valence-corrected chi connectivity index (χ2v) is 5.06. The standard InChI is InChI=1S/C16H19FN2O/c1-2-4-12-10-15(12)19-16(20)13-7-6-11(5-3-8-18)14(17)9-13/h6-7,9,12,15H,2,4,8,10,18H2,1H3,(H,19,20). The van der Waals surface area contributed by atoms with Crippen molar-refractivity contribution in [2.24, 2.45) is 11.7 Å². The van der Waals surface area contributed by atoms with E-state index in [1.54, 1.807) is 6.07 Å². The van der Waals surface area contributed by atoms with E-state index in [0.29, 0.717) is 11.5 Å². The van der Waals surface area contributed by atoms with Gasteiger partial charge in [0.15, 0.2) is 0 Å². The van der Waals surface area contributed by atoms with Gasteiger partial charge in [0.25, 0.3) is 5.91 Å². The first kappa shape index (κ1) is 14.5. The average molecular weight is 274 g/mol. The van der Waals surface area contributed by atoms with Crippen molar-refractivity contribution in [3.63, 3.8) is 0 Å². The van der Waals surface area contributed by atoms with Crippen molar-refractivity contribution in [2.75, 3.05) is 6.54 Å². The number of nitrogens with two attached hydrogens (primary N) is 1. The predicted molar refractivity (Wildman–Crippen MR) is 76.6 cm³/mol. The SMILES string of the molecule is CCCC1CC1NC(=O)c1ccc(C#CCN)c(F)c1. The van der Waals surface area contributed by atoms with Crippen molar-refractivity contribution in [1.82, 2.24) is 5.32 Å². The summed E-state index contributed by atoms with van der Waals surface area (Å²) in [5.41, 5.74) is 5.85. The molecule has 2 unspecified atom stereocenters. The highest BCUT2D eigenvalue weighted by atomic mass is 19.1. The maximum atomic E-state index is 13.8. The number of nitrogens with one attached hydrogen (secondary N) is 1. The van der Waals surface area contributed by atoms with Crippen molar-refractivity contribution in [3.8, 4) is 11.8 Å². The van der Waals surface area contributed by atoms with Crippen LogP contribution in [0, 0.1) is 23.6 Å². The quantitative estimate of drug-likeness (QED) is 0.826. The van der Waals surface area contributed by atoms with E-state index in [0.717, 1.165) is 19.3 Å². The van der Waals surface area contributed by atoms with Gasteiger partial charge in [0.05, 0.1) is 12.1 Å². The van der Waals surface area contributed by atoms with E-state index in [4.69, 9.17) is 5.73 Å². The van der Waals surface area contributed by atoms with Gasteiger partial charge in [-0.15, -0.1) is 0 Å². The summed E-state index contributed by atoms with van der Waals surface area (Å²) < 4.78 is 13.8. The van der Waals surface area contributed by atoms with E-state index in [1.165, 1.54) is 12.1 Å². The molecule has 1 saturated carbocycles. The van der Waals surface area contributed by atoms with Crippen LogP contribution >= 0.6 is 0 Å². The van der Waals surface area contributed by atoms with Crippen LogP contribution in [0.3, 0.4) is 0 Å². The zero-order valence-corrected chi connectivity index (χ0v) is 11.6. The number of hydrogen-bond donors (Lipinski definition) is 2. The summed E-state index contributed by atoms with van der Waals surface area (Å²) in [6.07, 6.45) is 3.29. The lowest BCUT2D eigenvalue weighted by molar-refractivity contribution is 0.0948. The summed E-state index contributed by atoms with van der Waals surface area (Å²) in [6.45, 7) is 2.32. The molecule has 1 aromatic rings. The Balaban J connectivity index is 1.99. The Morgan fingerprint density at radius 2 is 2.35 bits per heavy atom. The molecule has 3 N–H and O–H groups in total. The van der Waals surface area contributed by atoms with Crippen molar-refractivity contribution < 1.29 is 9.18 Å². The van der Waals surface area contributed by atoms with Crippen LogP contribution < -0.4 is 11.1 Å². The van der Waals surface area contributed by atoms with Crippen LogP contribution in [0.4, 0.5) is 4.39 Å². The minimum absolute atomic E-state index is 0.183. The van der Waals surface area contributed by atoms with Crippen LogP contribution in [0.25, 0.3) is 0 Å². The molecular weight excluding hydrogens is 255 g/mol. The molecule has 1 amide bonds. The Labute approximate surface area is 118 Å². The van der Waals surface area contributed by atoms with E-state index in [1.807, 2.05) is 0 Å². The average Bonchev–Trinajstić information content (AvgIpc) is 3.15. The second kappa shape index (κ2) is 6.53. The highest BCUT2D eigenvalue weighted by Gasteiger charge is 2.37. The molecule has 3 nitrogen and oxygen atoms in total. The van der Waals surface area contributed by atoms with Crippen LogP contribution in [0.5, 0.6) is 0 Å². The fourth-order valence-electron chi connectivity index (χ4n) is 2.27. The van der Waals surface area contributed by atoms with Crippen LogP contribution in [0.15, 0.2) is 18.2 Å². The second-order valence-electron chi connectivity index (χ2n) is 5.06. The Kier molecular flexibility index (Phi) is 4.75. The summed E-state index contributed by atoms with van der Waals surface area (Å²) in [4.78, 5) is 12.0. The van der Waals surface area contributed by atoms with Crippen molar-refractivity contribution >= 4 is 5.91 Å². The summed E-state index contributed by atoms with van der Waals surface area (Å²) in [6, 6.07) is 4.59. The summed E-state index contributed by atoms with van der Waals surface area (Å²) >= 11 is 0. The lowest BCUT2D eigenvalue weighted by atomic mass is 10.1. The normalized spacial score (nSPS) is 19.9. The Morgan fingerprint density at radius 3 is 3.00 bits per heavy atom. The van der Waals surface area contributed by atoms with Crippen LogP contribution in [0.1, 0.15) is 42.1 Å². The molecule has 1 aromatic carbocycles. The van der Waals surface area contributed by atoms with Gasteiger partial charge in [-0.3, -0.25) is 4.79 Å². The molecule has 1 fully saturated rings. The monoisotopic (exact) mass is 274 g/mol. The molecule has 0 radical (unpaired) electrons. The van der Waals surface area contributed by atoms with Gasteiger partial charge in [0, 0.05) is 11.6 Å². The Bertz CT molecular complexity index is 559. The molecule has 1 aliphatic rings. The largest absolute Gasteiger partial charge is 0.349 e. The molecule has 2 atom stereocenters. The van der Waals surface area contributed by atoms with Gasteiger partial charge in [-0.1, -0.05) is 25.2 Å². The molecule has 0 saturated heterocycles. The van der Waals surface area contributed by atoms with E-state index >= 15 is 0 Å². The molecule has 0 aromatic heterocycles. The maximum Gasteiger partial charge on any atom is 0.251 e. The minimum atomic E-state index is -0.487. The van der Waals surface area contributed by atoms with Gasteiger partial charge in [0.2, 0.25) is 0 Å². The van der Waals surface area contributed by atoms with Crippen LogP contribution in [0.2, 0.25) is 0 Å². The van der Waals surface area contributed by atoms with Crippen molar-refractivity contribution in [2.45, 2.75) is 32.2 Å². The number of hydrogen-bond acceptors (Lipinski definition) is 2. The fourth-order valence-corrected chi connectivity index (χ4v) is 2.27. The van der Waals surface area contributed by atoms with Crippen LogP contribution in [-0.4, -0.2) is 18.5 Å². The molecule has 0 bridgehead atoms. The molecular formula is C16H19FN2O. The number of halogens is 1. The molecule has 4 heteroatoms. The van der Waals surface area contributed by atoms with Gasteiger partial charge >= 0.3 is 0 Å². The third-order valence-electron chi connectivity index (χ3n) is 3.45. The lowest BCUT2D eigenvalue weighted by Gasteiger charge is -2.05.